The van der Waals surface area contributed by atoms with Crippen LogP contribution in [0.4, 0.5) is 6.01 Å². The van der Waals surface area contributed by atoms with Crippen molar-refractivity contribution in [2.75, 3.05) is 44.2 Å². The number of amides is 1. The zero-order valence-electron chi connectivity index (χ0n) is 13.5. The molecule has 0 saturated carbocycles. The number of carboxylic acids is 1. The van der Waals surface area contributed by atoms with Crippen molar-refractivity contribution in [2.45, 2.75) is 6.92 Å². The molecule has 2 aromatic rings. The Kier molecular flexibility index (Phi) is 4.66. The molecular weight excluding hydrogens is 312 g/mol. The lowest BCUT2D eigenvalue weighted by Gasteiger charge is -2.33. The summed E-state index contributed by atoms with van der Waals surface area (Å²) in [5.41, 5.74) is 2.76. The number of oxazole rings is 1. The number of hydrogen-bond donors (Lipinski definition) is 2. The van der Waals surface area contributed by atoms with Gasteiger partial charge < -0.3 is 19.7 Å². The molecule has 0 radical (unpaired) electrons. The van der Waals surface area contributed by atoms with Gasteiger partial charge in [-0.3, -0.25) is 14.5 Å². The number of hydrogen-bond acceptors (Lipinski definition) is 6. The monoisotopic (exact) mass is 332 g/mol. The number of fused-ring (bicyclic) bond motifs is 1. The third-order valence-electron chi connectivity index (χ3n) is 3.98. The molecule has 1 fully saturated rings. The van der Waals surface area contributed by atoms with Crippen molar-refractivity contribution in [3.63, 3.8) is 0 Å². The van der Waals surface area contributed by atoms with E-state index in [1.54, 1.807) is 0 Å². The van der Waals surface area contributed by atoms with Crippen LogP contribution in [0.15, 0.2) is 22.6 Å². The van der Waals surface area contributed by atoms with E-state index >= 15 is 0 Å². The van der Waals surface area contributed by atoms with Gasteiger partial charge in [0.1, 0.15) is 12.1 Å². The van der Waals surface area contributed by atoms with Gasteiger partial charge in [-0.1, -0.05) is 6.07 Å². The van der Waals surface area contributed by atoms with Crippen molar-refractivity contribution >= 4 is 29.0 Å². The molecule has 0 atom stereocenters. The number of aryl methyl sites for hydroxylation is 1. The van der Waals surface area contributed by atoms with E-state index in [0.29, 0.717) is 32.2 Å². The van der Waals surface area contributed by atoms with Crippen LogP contribution in [0.5, 0.6) is 0 Å². The Labute approximate surface area is 139 Å². The summed E-state index contributed by atoms with van der Waals surface area (Å²) < 4.78 is 5.80. The molecule has 0 bridgehead atoms. The van der Waals surface area contributed by atoms with Gasteiger partial charge in [0.15, 0.2) is 5.58 Å². The molecule has 1 aliphatic rings. The first-order chi connectivity index (χ1) is 11.5. The fourth-order valence-electron chi connectivity index (χ4n) is 2.69. The number of nitrogens with zero attached hydrogens (tertiary/aromatic N) is 3. The van der Waals surface area contributed by atoms with Crippen molar-refractivity contribution in [3.8, 4) is 0 Å². The lowest BCUT2D eigenvalue weighted by atomic mass is 10.2. The second kappa shape index (κ2) is 6.88. The molecule has 2 heterocycles. The summed E-state index contributed by atoms with van der Waals surface area (Å²) in [5.74, 6) is -1.32. The zero-order chi connectivity index (χ0) is 17.1. The summed E-state index contributed by atoms with van der Waals surface area (Å²) in [5, 5.41) is 10.9. The molecule has 8 heteroatoms. The smallest absolute Gasteiger partial charge is 0.322 e. The molecule has 128 valence electrons. The van der Waals surface area contributed by atoms with Gasteiger partial charge in [0, 0.05) is 26.2 Å². The minimum atomic E-state index is -1.04. The molecule has 0 aliphatic carbocycles. The fourth-order valence-corrected chi connectivity index (χ4v) is 2.69. The molecule has 0 spiro atoms. The van der Waals surface area contributed by atoms with Gasteiger partial charge in [0.25, 0.3) is 6.01 Å². The van der Waals surface area contributed by atoms with Gasteiger partial charge >= 0.3 is 5.97 Å². The number of nitrogens with one attached hydrogen (secondary N) is 1. The molecule has 1 aromatic carbocycles. The van der Waals surface area contributed by atoms with Gasteiger partial charge in [0.2, 0.25) is 5.91 Å². The SMILES string of the molecule is Cc1ccc2oc(N3CCN(CC(=O)NCC(=O)O)CC3)nc2c1. The maximum Gasteiger partial charge on any atom is 0.322 e. The van der Waals surface area contributed by atoms with E-state index in [1.165, 1.54) is 0 Å². The van der Waals surface area contributed by atoms with Crippen molar-refractivity contribution in [1.29, 1.82) is 0 Å². The standard InChI is InChI=1S/C16H20N4O4/c1-11-2-3-13-12(8-11)18-16(24-13)20-6-4-19(5-7-20)10-14(21)17-9-15(22)23/h2-3,8H,4-7,9-10H2,1H3,(H,17,21)(H,22,23). The van der Waals surface area contributed by atoms with Crippen molar-refractivity contribution in [1.82, 2.24) is 15.2 Å². The Hall–Kier alpha value is -2.61. The highest BCUT2D eigenvalue weighted by Crippen LogP contribution is 2.23. The number of anilines is 1. The summed E-state index contributed by atoms with van der Waals surface area (Å²) in [7, 11) is 0. The second-order valence-electron chi connectivity index (χ2n) is 5.90. The van der Waals surface area contributed by atoms with Crippen molar-refractivity contribution in [2.24, 2.45) is 0 Å². The van der Waals surface area contributed by atoms with E-state index in [4.69, 9.17) is 9.52 Å². The second-order valence-corrected chi connectivity index (χ2v) is 5.90. The molecule has 3 rings (SSSR count). The Balaban J connectivity index is 1.54. The molecule has 0 unspecified atom stereocenters. The lowest BCUT2D eigenvalue weighted by molar-refractivity contribution is -0.138. The molecule has 8 nitrogen and oxygen atoms in total. The van der Waals surface area contributed by atoms with E-state index in [9.17, 15) is 9.59 Å². The van der Waals surface area contributed by atoms with Crippen LogP contribution >= 0.6 is 0 Å². The van der Waals surface area contributed by atoms with E-state index in [1.807, 2.05) is 30.0 Å². The van der Waals surface area contributed by atoms with E-state index in [2.05, 4.69) is 15.2 Å². The molecule has 1 amide bonds. The van der Waals surface area contributed by atoms with Gasteiger partial charge in [-0.05, 0) is 24.6 Å². The topological polar surface area (TPSA) is 98.9 Å². The highest BCUT2D eigenvalue weighted by Gasteiger charge is 2.22. The Morgan fingerprint density at radius 1 is 1.29 bits per heavy atom. The minimum Gasteiger partial charge on any atom is -0.480 e. The highest BCUT2D eigenvalue weighted by molar-refractivity contribution is 5.82. The lowest BCUT2D eigenvalue weighted by Crippen LogP contribution is -2.50. The van der Waals surface area contributed by atoms with Crippen LogP contribution in [0.3, 0.4) is 0 Å². The van der Waals surface area contributed by atoms with Crippen molar-refractivity contribution < 1.29 is 19.1 Å². The number of aliphatic carboxylic acids is 1. The average molecular weight is 332 g/mol. The Morgan fingerprint density at radius 3 is 2.75 bits per heavy atom. The summed E-state index contributed by atoms with van der Waals surface area (Å²) >= 11 is 0. The highest BCUT2D eigenvalue weighted by atomic mass is 16.4. The van der Waals surface area contributed by atoms with E-state index in [-0.39, 0.29) is 19.0 Å². The van der Waals surface area contributed by atoms with Gasteiger partial charge in [-0.2, -0.15) is 4.98 Å². The first kappa shape index (κ1) is 16.3. The molecule has 2 N–H and O–H groups in total. The zero-order valence-corrected chi connectivity index (χ0v) is 13.5. The maximum absolute atomic E-state index is 11.7. The van der Waals surface area contributed by atoms with Crippen LogP contribution in [0.25, 0.3) is 11.1 Å². The predicted octanol–water partition coefficient (Wildman–Crippen LogP) is 0.459. The Morgan fingerprint density at radius 2 is 2.04 bits per heavy atom. The fraction of sp³-hybridized carbons (Fsp3) is 0.438. The van der Waals surface area contributed by atoms with Crippen molar-refractivity contribution in [3.05, 3.63) is 23.8 Å². The number of carboxylic acid groups (broad SMARTS) is 1. The van der Waals surface area contributed by atoms with Crippen LogP contribution < -0.4 is 10.2 Å². The molecular formula is C16H20N4O4. The number of aromatic nitrogens is 1. The average Bonchev–Trinajstić information content (AvgIpc) is 2.96. The van der Waals surface area contributed by atoms with Crippen LogP contribution in [-0.2, 0) is 9.59 Å². The van der Waals surface area contributed by atoms with Crippen LogP contribution in [0, 0.1) is 6.92 Å². The number of piperazine rings is 1. The third kappa shape index (κ3) is 3.83. The third-order valence-corrected chi connectivity index (χ3v) is 3.98. The largest absolute Gasteiger partial charge is 0.480 e. The summed E-state index contributed by atoms with van der Waals surface area (Å²) in [6.45, 7) is 4.67. The number of carbonyl (C=O) groups excluding carboxylic acids is 1. The van der Waals surface area contributed by atoms with Gasteiger partial charge in [0.05, 0.1) is 6.54 Å². The molecule has 1 aromatic heterocycles. The molecule has 1 aliphatic heterocycles. The van der Waals surface area contributed by atoms with E-state index < -0.39 is 5.97 Å². The minimum absolute atomic E-state index is 0.202. The summed E-state index contributed by atoms with van der Waals surface area (Å²) in [4.78, 5) is 30.7. The van der Waals surface area contributed by atoms with E-state index in [0.717, 1.165) is 16.7 Å². The molecule has 1 saturated heterocycles. The number of benzene rings is 1. The quantitative estimate of drug-likeness (QED) is 0.820. The predicted molar refractivity (Wildman–Crippen MR) is 88.0 cm³/mol. The van der Waals surface area contributed by atoms with Gasteiger partial charge in [-0.15, -0.1) is 0 Å². The molecule has 24 heavy (non-hydrogen) atoms. The van der Waals surface area contributed by atoms with Crippen LogP contribution in [0.2, 0.25) is 0 Å². The summed E-state index contributed by atoms with van der Waals surface area (Å²) in [6.07, 6.45) is 0. The maximum atomic E-state index is 11.7. The summed E-state index contributed by atoms with van der Waals surface area (Å²) in [6, 6.07) is 6.51. The Bertz CT molecular complexity index is 750. The number of carbonyl (C=O) groups is 2. The number of rotatable bonds is 5. The van der Waals surface area contributed by atoms with Crippen LogP contribution in [-0.4, -0.2) is 66.1 Å². The van der Waals surface area contributed by atoms with Crippen LogP contribution in [0.1, 0.15) is 5.56 Å². The first-order valence-corrected chi connectivity index (χ1v) is 7.84. The first-order valence-electron chi connectivity index (χ1n) is 7.84. The normalized spacial score (nSPS) is 15.6. The van der Waals surface area contributed by atoms with Gasteiger partial charge in [-0.25, -0.2) is 0 Å².